The van der Waals surface area contributed by atoms with Gasteiger partial charge in [-0.3, -0.25) is 0 Å². The van der Waals surface area contributed by atoms with Crippen LogP contribution in [-0.2, 0) is 0 Å². The van der Waals surface area contributed by atoms with E-state index in [0.717, 1.165) is 28.7 Å². The van der Waals surface area contributed by atoms with E-state index in [1.54, 1.807) is 0 Å². The molecule has 2 aromatic rings. The van der Waals surface area contributed by atoms with E-state index in [9.17, 15) is 0 Å². The van der Waals surface area contributed by atoms with E-state index in [1.165, 1.54) is 5.69 Å². The van der Waals surface area contributed by atoms with Crippen molar-refractivity contribution < 1.29 is 0 Å². The molecule has 0 atom stereocenters. The van der Waals surface area contributed by atoms with E-state index in [1.807, 2.05) is 24.3 Å². The van der Waals surface area contributed by atoms with E-state index in [0.29, 0.717) is 0 Å². The minimum Gasteiger partial charge on any atom is -0.372 e. The van der Waals surface area contributed by atoms with Crippen molar-refractivity contribution in [3.8, 4) is 11.8 Å². The molecule has 0 amide bonds. The predicted molar refractivity (Wildman–Crippen MR) is 90.1 cm³/mol. The molecule has 2 heteroatoms. The predicted octanol–water partition coefficient (Wildman–Crippen LogP) is 4.70. The molecule has 2 aromatic carbocycles. The summed E-state index contributed by atoms with van der Waals surface area (Å²) in [6.07, 6.45) is 0. The van der Waals surface area contributed by atoms with Gasteiger partial charge in [-0.25, -0.2) is 0 Å². The molecule has 0 N–H and O–H groups in total. The SMILES string of the molecule is CCN(CC)c1ccc(C#Cc2ccc(Br)cc2)cc1. The topological polar surface area (TPSA) is 3.24 Å². The Bertz CT molecular complexity index is 599. The molecule has 0 fully saturated rings. The maximum absolute atomic E-state index is 3.42. The molecule has 20 heavy (non-hydrogen) atoms. The van der Waals surface area contributed by atoms with Crippen LogP contribution in [0.15, 0.2) is 53.0 Å². The van der Waals surface area contributed by atoms with Crippen LogP contribution in [0.4, 0.5) is 5.69 Å². The van der Waals surface area contributed by atoms with Crippen LogP contribution in [-0.4, -0.2) is 13.1 Å². The highest BCUT2D eigenvalue weighted by Gasteiger charge is 2.00. The van der Waals surface area contributed by atoms with Crippen LogP contribution in [0.1, 0.15) is 25.0 Å². The van der Waals surface area contributed by atoms with Crippen molar-refractivity contribution in [3.63, 3.8) is 0 Å². The van der Waals surface area contributed by atoms with Crippen molar-refractivity contribution in [3.05, 3.63) is 64.1 Å². The van der Waals surface area contributed by atoms with E-state index >= 15 is 0 Å². The Morgan fingerprint density at radius 3 is 1.70 bits per heavy atom. The molecule has 0 saturated carbocycles. The average molecular weight is 328 g/mol. The largest absolute Gasteiger partial charge is 0.372 e. The van der Waals surface area contributed by atoms with Crippen molar-refractivity contribution in [2.75, 3.05) is 18.0 Å². The van der Waals surface area contributed by atoms with E-state index in [-0.39, 0.29) is 0 Å². The third kappa shape index (κ3) is 3.88. The molecule has 1 nitrogen and oxygen atoms in total. The monoisotopic (exact) mass is 327 g/mol. The van der Waals surface area contributed by atoms with E-state index in [4.69, 9.17) is 0 Å². The Labute approximate surface area is 129 Å². The molecular formula is C18H18BrN. The Morgan fingerprint density at radius 1 is 0.800 bits per heavy atom. The van der Waals surface area contributed by atoms with E-state index < -0.39 is 0 Å². The Kier molecular flexibility index (Phi) is 5.26. The highest BCUT2D eigenvalue weighted by molar-refractivity contribution is 9.10. The molecule has 0 radical (unpaired) electrons. The van der Waals surface area contributed by atoms with Crippen LogP contribution in [0, 0.1) is 11.8 Å². The maximum atomic E-state index is 3.42. The third-order valence-corrected chi connectivity index (χ3v) is 3.72. The van der Waals surface area contributed by atoms with Gasteiger partial charge in [0.05, 0.1) is 0 Å². The van der Waals surface area contributed by atoms with Gasteiger partial charge in [-0.05, 0) is 62.4 Å². The van der Waals surface area contributed by atoms with Gasteiger partial charge in [0.1, 0.15) is 0 Å². The smallest absolute Gasteiger partial charge is 0.0366 e. The number of nitrogens with zero attached hydrogens (tertiary/aromatic N) is 1. The molecule has 0 saturated heterocycles. The molecule has 0 aliphatic heterocycles. The quantitative estimate of drug-likeness (QED) is 0.739. The van der Waals surface area contributed by atoms with Crippen LogP contribution >= 0.6 is 15.9 Å². The zero-order valence-electron chi connectivity index (χ0n) is 11.9. The fourth-order valence-electron chi connectivity index (χ4n) is 2.02. The number of hydrogen-bond donors (Lipinski definition) is 0. The summed E-state index contributed by atoms with van der Waals surface area (Å²) in [7, 11) is 0. The molecule has 0 bridgehead atoms. The van der Waals surface area contributed by atoms with Crippen LogP contribution in [0.3, 0.4) is 0 Å². The second-order valence-corrected chi connectivity index (χ2v) is 5.39. The van der Waals surface area contributed by atoms with Gasteiger partial charge in [-0.2, -0.15) is 0 Å². The van der Waals surface area contributed by atoms with Gasteiger partial charge in [0.25, 0.3) is 0 Å². The molecule has 0 aromatic heterocycles. The molecule has 0 aliphatic carbocycles. The molecule has 0 spiro atoms. The van der Waals surface area contributed by atoms with Crippen molar-refractivity contribution in [1.29, 1.82) is 0 Å². The van der Waals surface area contributed by atoms with Gasteiger partial charge in [-0.15, -0.1) is 0 Å². The second-order valence-electron chi connectivity index (χ2n) is 4.48. The van der Waals surface area contributed by atoms with Crippen LogP contribution in [0.25, 0.3) is 0 Å². The molecule has 102 valence electrons. The highest BCUT2D eigenvalue weighted by Crippen LogP contribution is 2.14. The van der Waals surface area contributed by atoms with Crippen LogP contribution in [0.2, 0.25) is 0 Å². The number of benzene rings is 2. The average Bonchev–Trinajstić information content (AvgIpc) is 2.49. The first-order chi connectivity index (χ1) is 9.72. The van der Waals surface area contributed by atoms with Crippen molar-refractivity contribution in [1.82, 2.24) is 0 Å². The lowest BCUT2D eigenvalue weighted by molar-refractivity contribution is 0.866. The molecule has 0 unspecified atom stereocenters. The second kappa shape index (κ2) is 7.17. The first-order valence-electron chi connectivity index (χ1n) is 6.85. The standard InChI is InChI=1S/C18H18BrN/c1-3-20(4-2)18-13-9-16(10-14-18)6-5-15-7-11-17(19)12-8-15/h7-14H,3-4H2,1-2H3. The number of rotatable bonds is 3. The fourth-order valence-corrected chi connectivity index (χ4v) is 2.29. The first kappa shape index (κ1) is 14.7. The van der Waals surface area contributed by atoms with Crippen molar-refractivity contribution in [2.24, 2.45) is 0 Å². The Morgan fingerprint density at radius 2 is 1.25 bits per heavy atom. The highest BCUT2D eigenvalue weighted by atomic mass is 79.9. The summed E-state index contributed by atoms with van der Waals surface area (Å²) in [5, 5.41) is 0. The number of anilines is 1. The van der Waals surface area contributed by atoms with Gasteiger partial charge >= 0.3 is 0 Å². The van der Waals surface area contributed by atoms with Gasteiger partial charge in [0, 0.05) is 34.4 Å². The first-order valence-corrected chi connectivity index (χ1v) is 7.64. The third-order valence-electron chi connectivity index (χ3n) is 3.19. The zero-order chi connectivity index (χ0) is 14.4. The van der Waals surface area contributed by atoms with Crippen LogP contribution in [0.5, 0.6) is 0 Å². The Hall–Kier alpha value is -1.72. The minimum absolute atomic E-state index is 1.03. The van der Waals surface area contributed by atoms with Crippen molar-refractivity contribution in [2.45, 2.75) is 13.8 Å². The minimum atomic E-state index is 1.03. The summed E-state index contributed by atoms with van der Waals surface area (Å²) >= 11 is 3.42. The summed E-state index contributed by atoms with van der Waals surface area (Å²) in [6, 6.07) is 16.5. The summed E-state index contributed by atoms with van der Waals surface area (Å²) in [4.78, 5) is 2.33. The van der Waals surface area contributed by atoms with Crippen molar-refractivity contribution >= 4 is 21.6 Å². The molecular weight excluding hydrogens is 310 g/mol. The van der Waals surface area contributed by atoms with Gasteiger partial charge < -0.3 is 4.90 Å². The number of halogens is 1. The zero-order valence-corrected chi connectivity index (χ0v) is 13.4. The van der Waals surface area contributed by atoms with Gasteiger partial charge in [0.15, 0.2) is 0 Å². The fraction of sp³-hybridized carbons (Fsp3) is 0.222. The lowest BCUT2D eigenvalue weighted by Gasteiger charge is -2.20. The lowest BCUT2D eigenvalue weighted by Crippen LogP contribution is -2.21. The molecule has 0 aliphatic rings. The maximum Gasteiger partial charge on any atom is 0.0366 e. The summed E-state index contributed by atoms with van der Waals surface area (Å²) in [5.41, 5.74) is 3.33. The summed E-state index contributed by atoms with van der Waals surface area (Å²) in [6.45, 7) is 6.40. The normalized spacial score (nSPS) is 9.75. The lowest BCUT2D eigenvalue weighted by atomic mass is 10.1. The summed E-state index contributed by atoms with van der Waals surface area (Å²) < 4.78 is 1.08. The van der Waals surface area contributed by atoms with Gasteiger partial charge in [-0.1, -0.05) is 27.8 Å². The molecule has 0 heterocycles. The molecule has 2 rings (SSSR count). The summed E-state index contributed by atoms with van der Waals surface area (Å²) in [5.74, 6) is 6.38. The van der Waals surface area contributed by atoms with Crippen LogP contribution < -0.4 is 4.90 Å². The van der Waals surface area contributed by atoms with E-state index in [2.05, 4.69) is 70.8 Å². The van der Waals surface area contributed by atoms with Gasteiger partial charge in [0.2, 0.25) is 0 Å². The number of hydrogen-bond acceptors (Lipinski definition) is 1. The Balaban J connectivity index is 2.13.